The summed E-state index contributed by atoms with van der Waals surface area (Å²) in [6, 6.07) is 9.27. The summed E-state index contributed by atoms with van der Waals surface area (Å²) in [4.78, 5) is 24.2. The lowest BCUT2D eigenvalue weighted by Gasteiger charge is -2.13. The maximum absolute atomic E-state index is 13.3. The Labute approximate surface area is 140 Å². The number of nitrogens with one attached hydrogen (secondary N) is 2. The molecule has 0 aliphatic carbocycles. The molecule has 0 saturated carbocycles. The highest BCUT2D eigenvalue weighted by Gasteiger charge is 2.28. The van der Waals surface area contributed by atoms with Gasteiger partial charge in [-0.15, -0.1) is 0 Å². The Kier molecular flexibility index (Phi) is 5.41. The Balaban J connectivity index is 2.21. The van der Waals surface area contributed by atoms with Gasteiger partial charge in [-0.2, -0.15) is 13.2 Å². The van der Waals surface area contributed by atoms with E-state index < -0.39 is 30.4 Å². The minimum absolute atomic E-state index is 0.0239. The average Bonchev–Trinajstić information content (AvgIpc) is 2.54. The number of hydrogen-bond donors (Lipinski definition) is 2. The fourth-order valence-electron chi connectivity index (χ4n) is 2.09. The number of rotatable bonds is 4. The number of aryl methyl sites for hydroxylation is 1. The van der Waals surface area contributed by atoms with Crippen molar-refractivity contribution in [2.45, 2.75) is 13.1 Å². The molecule has 2 rings (SSSR count). The van der Waals surface area contributed by atoms with E-state index in [0.717, 1.165) is 6.07 Å². The molecule has 0 aliphatic rings. The zero-order valence-corrected chi connectivity index (χ0v) is 13.1. The molecule has 132 valence electrons. The van der Waals surface area contributed by atoms with Gasteiger partial charge in [0.2, 0.25) is 0 Å². The van der Waals surface area contributed by atoms with Crippen LogP contribution in [0.5, 0.6) is 0 Å². The monoisotopic (exact) mass is 354 g/mol. The third-order valence-electron chi connectivity index (χ3n) is 3.31. The third-order valence-corrected chi connectivity index (χ3v) is 3.31. The predicted octanol–water partition coefficient (Wildman–Crippen LogP) is 3.68. The van der Waals surface area contributed by atoms with Gasteiger partial charge in [0.05, 0.1) is 11.3 Å². The van der Waals surface area contributed by atoms with Gasteiger partial charge in [0.1, 0.15) is 12.4 Å². The summed E-state index contributed by atoms with van der Waals surface area (Å²) in [6.45, 7) is 0.118. The summed E-state index contributed by atoms with van der Waals surface area (Å²) in [5.41, 5.74) is 0.466. The topological polar surface area (TPSA) is 58.2 Å². The van der Waals surface area contributed by atoms with Crippen molar-refractivity contribution in [3.63, 3.8) is 0 Å². The highest BCUT2D eigenvalue weighted by Crippen LogP contribution is 2.19. The van der Waals surface area contributed by atoms with Crippen LogP contribution in [0, 0.1) is 12.7 Å². The van der Waals surface area contributed by atoms with Crippen molar-refractivity contribution in [1.29, 1.82) is 0 Å². The highest BCUT2D eigenvalue weighted by molar-refractivity contribution is 6.09. The Morgan fingerprint density at radius 2 is 1.68 bits per heavy atom. The molecule has 0 bridgehead atoms. The zero-order chi connectivity index (χ0) is 18.6. The van der Waals surface area contributed by atoms with E-state index in [1.165, 1.54) is 36.4 Å². The van der Waals surface area contributed by atoms with Crippen LogP contribution in [0.15, 0.2) is 42.5 Å². The maximum atomic E-state index is 13.3. The number of halogens is 4. The largest absolute Gasteiger partial charge is 0.405 e. The van der Waals surface area contributed by atoms with Crippen molar-refractivity contribution in [3.8, 4) is 0 Å². The van der Waals surface area contributed by atoms with Crippen LogP contribution in [-0.2, 0) is 0 Å². The Hall–Kier alpha value is -2.90. The first-order chi connectivity index (χ1) is 11.7. The summed E-state index contributed by atoms with van der Waals surface area (Å²) in [6.07, 6.45) is -4.55. The first-order valence-electron chi connectivity index (χ1n) is 7.19. The fraction of sp³-hybridized carbons (Fsp3) is 0.176. The van der Waals surface area contributed by atoms with Gasteiger partial charge >= 0.3 is 6.18 Å². The quantitative estimate of drug-likeness (QED) is 0.823. The van der Waals surface area contributed by atoms with Crippen LogP contribution in [0.25, 0.3) is 0 Å². The Morgan fingerprint density at radius 3 is 2.36 bits per heavy atom. The molecular formula is C17H14F4N2O2. The van der Waals surface area contributed by atoms with Gasteiger partial charge in [-0.05, 0) is 36.8 Å². The predicted molar refractivity (Wildman–Crippen MR) is 83.9 cm³/mol. The lowest BCUT2D eigenvalue weighted by molar-refractivity contribution is -0.123. The van der Waals surface area contributed by atoms with Crippen molar-refractivity contribution in [3.05, 3.63) is 65.0 Å². The fourth-order valence-corrected chi connectivity index (χ4v) is 2.09. The molecule has 8 heteroatoms. The van der Waals surface area contributed by atoms with E-state index in [-0.39, 0.29) is 16.8 Å². The molecule has 2 aromatic rings. The summed E-state index contributed by atoms with van der Waals surface area (Å²) in [7, 11) is 0. The number of carbonyl (C=O) groups excluding carboxylic acids is 2. The summed E-state index contributed by atoms with van der Waals surface area (Å²) in [5, 5.41) is 4.16. The summed E-state index contributed by atoms with van der Waals surface area (Å²) >= 11 is 0. The maximum Gasteiger partial charge on any atom is 0.405 e. The molecule has 0 atom stereocenters. The van der Waals surface area contributed by atoms with E-state index in [1.807, 2.05) is 0 Å². The molecule has 0 aromatic heterocycles. The normalized spacial score (nSPS) is 11.1. The van der Waals surface area contributed by atoms with Crippen LogP contribution >= 0.6 is 0 Å². The summed E-state index contributed by atoms with van der Waals surface area (Å²) < 4.78 is 50.0. The van der Waals surface area contributed by atoms with Crippen LogP contribution < -0.4 is 10.6 Å². The molecule has 2 N–H and O–H groups in total. The van der Waals surface area contributed by atoms with Crippen LogP contribution in [-0.4, -0.2) is 24.5 Å². The van der Waals surface area contributed by atoms with E-state index in [2.05, 4.69) is 5.32 Å². The van der Waals surface area contributed by atoms with Crippen molar-refractivity contribution >= 4 is 17.5 Å². The molecule has 0 aliphatic heterocycles. The van der Waals surface area contributed by atoms with E-state index >= 15 is 0 Å². The second-order valence-corrected chi connectivity index (χ2v) is 5.26. The molecule has 0 fully saturated rings. The lowest BCUT2D eigenvalue weighted by atomic mass is 10.1. The molecule has 4 nitrogen and oxygen atoms in total. The number of carbonyl (C=O) groups is 2. The van der Waals surface area contributed by atoms with E-state index in [9.17, 15) is 27.2 Å². The van der Waals surface area contributed by atoms with Gasteiger partial charge in [-0.3, -0.25) is 9.59 Å². The minimum atomic E-state index is -4.55. The number of alkyl halides is 3. The second kappa shape index (κ2) is 7.33. The summed E-state index contributed by atoms with van der Waals surface area (Å²) in [5.74, 6) is -2.26. The van der Waals surface area contributed by atoms with Gasteiger partial charge in [0.25, 0.3) is 11.8 Å². The van der Waals surface area contributed by atoms with E-state index in [4.69, 9.17) is 0 Å². The molecule has 0 radical (unpaired) electrons. The number of para-hydroxylation sites is 1. The SMILES string of the molecule is Cc1ccc(F)cc1C(=O)Nc1ccccc1C(=O)NCC(F)(F)F. The number of anilines is 1. The highest BCUT2D eigenvalue weighted by atomic mass is 19.4. The van der Waals surface area contributed by atoms with Gasteiger partial charge < -0.3 is 10.6 Å². The standard InChI is InChI=1S/C17H14F4N2O2/c1-10-6-7-11(18)8-13(10)16(25)23-14-5-3-2-4-12(14)15(24)22-9-17(19,20)21/h2-8H,9H2,1H3,(H,22,24)(H,23,25). The molecule has 2 amide bonds. The number of amides is 2. The van der Waals surface area contributed by atoms with Crippen molar-refractivity contribution < 1.29 is 27.2 Å². The van der Waals surface area contributed by atoms with Crippen LogP contribution in [0.1, 0.15) is 26.3 Å². The molecule has 0 heterocycles. The van der Waals surface area contributed by atoms with Crippen molar-refractivity contribution in [2.75, 3.05) is 11.9 Å². The Bertz CT molecular complexity index is 803. The average molecular weight is 354 g/mol. The van der Waals surface area contributed by atoms with Gasteiger partial charge in [-0.1, -0.05) is 18.2 Å². The van der Waals surface area contributed by atoms with Gasteiger partial charge in [0.15, 0.2) is 0 Å². The van der Waals surface area contributed by atoms with Crippen LogP contribution in [0.3, 0.4) is 0 Å². The molecule has 0 spiro atoms. The molecule has 0 saturated heterocycles. The zero-order valence-electron chi connectivity index (χ0n) is 13.1. The second-order valence-electron chi connectivity index (χ2n) is 5.26. The smallest absolute Gasteiger partial charge is 0.343 e. The molecular weight excluding hydrogens is 340 g/mol. The van der Waals surface area contributed by atoms with Gasteiger partial charge in [-0.25, -0.2) is 4.39 Å². The van der Waals surface area contributed by atoms with Gasteiger partial charge in [0, 0.05) is 5.56 Å². The van der Waals surface area contributed by atoms with E-state index in [0.29, 0.717) is 5.56 Å². The molecule has 0 unspecified atom stereocenters. The van der Waals surface area contributed by atoms with Crippen LogP contribution in [0.2, 0.25) is 0 Å². The van der Waals surface area contributed by atoms with E-state index in [1.54, 1.807) is 12.2 Å². The molecule has 25 heavy (non-hydrogen) atoms. The number of benzene rings is 2. The van der Waals surface area contributed by atoms with Crippen molar-refractivity contribution in [2.24, 2.45) is 0 Å². The third kappa shape index (κ3) is 5.03. The minimum Gasteiger partial charge on any atom is -0.343 e. The molecule has 2 aromatic carbocycles. The van der Waals surface area contributed by atoms with Crippen molar-refractivity contribution in [1.82, 2.24) is 5.32 Å². The lowest BCUT2D eigenvalue weighted by Crippen LogP contribution is -2.34. The first kappa shape index (κ1) is 18.4. The number of hydrogen-bond acceptors (Lipinski definition) is 2. The Morgan fingerprint density at radius 1 is 1.00 bits per heavy atom. The first-order valence-corrected chi connectivity index (χ1v) is 7.19. The van der Waals surface area contributed by atoms with Crippen LogP contribution in [0.4, 0.5) is 23.2 Å².